The van der Waals surface area contributed by atoms with Crippen molar-refractivity contribution in [1.82, 2.24) is 9.80 Å². The van der Waals surface area contributed by atoms with E-state index in [4.69, 9.17) is 28.3 Å². The van der Waals surface area contributed by atoms with Crippen LogP contribution in [0.5, 0.6) is 0 Å². The van der Waals surface area contributed by atoms with E-state index in [1.165, 1.54) is 0 Å². The van der Waals surface area contributed by atoms with E-state index in [9.17, 15) is 4.79 Å². The van der Waals surface area contributed by atoms with E-state index in [2.05, 4.69) is 10.2 Å². The number of β-amino-alcohol motifs (C(OH)–C–C–N with tert-alkyl or cyclic N) is 1. The van der Waals surface area contributed by atoms with Crippen LogP contribution in [0.4, 0.5) is 10.5 Å². The Kier molecular flexibility index (Phi) is 5.48. The third kappa shape index (κ3) is 3.76. The molecule has 2 rings (SSSR count). The van der Waals surface area contributed by atoms with Gasteiger partial charge in [-0.25, -0.2) is 4.79 Å². The number of carbonyl (C=O) groups is 1. The molecule has 1 aromatic carbocycles. The molecule has 0 atom stereocenters. The second kappa shape index (κ2) is 7.13. The van der Waals surface area contributed by atoms with Crippen molar-refractivity contribution in [2.24, 2.45) is 0 Å². The fraction of sp³-hybridized carbons (Fsp3) is 0.462. The molecular formula is C13H17Cl2N3O2. The normalized spacial score (nSPS) is 16.2. The van der Waals surface area contributed by atoms with Gasteiger partial charge in [0.25, 0.3) is 0 Å². The molecule has 20 heavy (non-hydrogen) atoms. The molecule has 7 heteroatoms. The van der Waals surface area contributed by atoms with Crippen LogP contribution < -0.4 is 5.32 Å². The SMILES string of the molecule is O=C(Nc1cccc(Cl)c1Cl)N1CCN(CCO)CC1. The number of nitrogens with one attached hydrogen (secondary N) is 1. The molecule has 1 aliphatic heterocycles. The summed E-state index contributed by atoms with van der Waals surface area (Å²) in [5, 5.41) is 12.4. The number of anilines is 1. The highest BCUT2D eigenvalue weighted by atomic mass is 35.5. The zero-order valence-electron chi connectivity index (χ0n) is 11.0. The van der Waals surface area contributed by atoms with Crippen LogP contribution in [0.15, 0.2) is 18.2 Å². The molecule has 0 bridgehead atoms. The van der Waals surface area contributed by atoms with Gasteiger partial charge in [-0.05, 0) is 12.1 Å². The summed E-state index contributed by atoms with van der Waals surface area (Å²) >= 11 is 11.9. The van der Waals surface area contributed by atoms with Gasteiger partial charge in [-0.1, -0.05) is 29.3 Å². The summed E-state index contributed by atoms with van der Waals surface area (Å²) < 4.78 is 0. The molecule has 110 valence electrons. The number of nitrogens with zero attached hydrogens (tertiary/aromatic N) is 2. The van der Waals surface area contributed by atoms with Crippen LogP contribution in [0, 0.1) is 0 Å². The van der Waals surface area contributed by atoms with Gasteiger partial charge in [-0.15, -0.1) is 0 Å². The Hall–Kier alpha value is -1.01. The fourth-order valence-corrected chi connectivity index (χ4v) is 2.46. The highest BCUT2D eigenvalue weighted by molar-refractivity contribution is 6.43. The van der Waals surface area contributed by atoms with Crippen LogP contribution in [0.2, 0.25) is 10.0 Å². The summed E-state index contributed by atoms with van der Waals surface area (Å²) in [5.74, 6) is 0. The maximum absolute atomic E-state index is 12.1. The van der Waals surface area contributed by atoms with Crippen LogP contribution >= 0.6 is 23.2 Å². The second-order valence-corrected chi connectivity index (χ2v) is 5.37. The zero-order valence-corrected chi connectivity index (χ0v) is 12.5. The molecule has 5 nitrogen and oxygen atoms in total. The van der Waals surface area contributed by atoms with Crippen molar-refractivity contribution in [2.45, 2.75) is 0 Å². The first-order chi connectivity index (χ1) is 9.61. The Labute approximate surface area is 128 Å². The Balaban J connectivity index is 1.91. The van der Waals surface area contributed by atoms with Crippen molar-refractivity contribution < 1.29 is 9.90 Å². The minimum Gasteiger partial charge on any atom is -0.395 e. The molecule has 2 amide bonds. The Morgan fingerprint density at radius 2 is 1.95 bits per heavy atom. The first kappa shape index (κ1) is 15.4. The number of piperazine rings is 1. The van der Waals surface area contributed by atoms with Gasteiger partial charge in [-0.2, -0.15) is 0 Å². The minimum atomic E-state index is -0.183. The van der Waals surface area contributed by atoms with Crippen LogP contribution in [-0.2, 0) is 0 Å². The Bertz CT molecular complexity index is 477. The van der Waals surface area contributed by atoms with Gasteiger partial charge in [0.2, 0.25) is 0 Å². The summed E-state index contributed by atoms with van der Waals surface area (Å²) in [6.45, 7) is 3.57. The van der Waals surface area contributed by atoms with Crippen molar-refractivity contribution in [3.05, 3.63) is 28.2 Å². The quantitative estimate of drug-likeness (QED) is 0.898. The van der Waals surface area contributed by atoms with Crippen LogP contribution in [-0.4, -0.2) is 60.3 Å². The number of halogens is 2. The Morgan fingerprint density at radius 1 is 1.25 bits per heavy atom. The first-order valence-corrected chi connectivity index (χ1v) is 7.20. The van der Waals surface area contributed by atoms with Gasteiger partial charge in [-0.3, -0.25) is 4.90 Å². The first-order valence-electron chi connectivity index (χ1n) is 6.45. The number of aliphatic hydroxyl groups is 1. The second-order valence-electron chi connectivity index (χ2n) is 4.58. The topological polar surface area (TPSA) is 55.8 Å². The molecule has 1 aliphatic rings. The molecule has 2 N–H and O–H groups in total. The lowest BCUT2D eigenvalue weighted by Crippen LogP contribution is -2.50. The average molecular weight is 318 g/mol. The molecule has 0 unspecified atom stereocenters. The van der Waals surface area contributed by atoms with Crippen molar-refractivity contribution in [1.29, 1.82) is 0 Å². The van der Waals surface area contributed by atoms with Crippen LogP contribution in [0.3, 0.4) is 0 Å². The number of carbonyl (C=O) groups excluding carboxylic acids is 1. The lowest BCUT2D eigenvalue weighted by Gasteiger charge is -2.34. The number of amides is 2. The van der Waals surface area contributed by atoms with E-state index in [0.717, 1.165) is 13.1 Å². The highest BCUT2D eigenvalue weighted by Crippen LogP contribution is 2.29. The highest BCUT2D eigenvalue weighted by Gasteiger charge is 2.21. The average Bonchev–Trinajstić information content (AvgIpc) is 2.45. The van der Waals surface area contributed by atoms with Gasteiger partial charge in [0, 0.05) is 32.7 Å². The van der Waals surface area contributed by atoms with E-state index in [1.54, 1.807) is 23.1 Å². The lowest BCUT2D eigenvalue weighted by molar-refractivity contribution is 0.127. The van der Waals surface area contributed by atoms with E-state index in [0.29, 0.717) is 35.4 Å². The molecule has 1 saturated heterocycles. The van der Waals surface area contributed by atoms with Crippen molar-refractivity contribution in [3.63, 3.8) is 0 Å². The fourth-order valence-electron chi connectivity index (χ4n) is 2.11. The van der Waals surface area contributed by atoms with E-state index < -0.39 is 0 Å². The lowest BCUT2D eigenvalue weighted by atomic mass is 10.3. The van der Waals surface area contributed by atoms with Gasteiger partial charge < -0.3 is 15.3 Å². The third-order valence-electron chi connectivity index (χ3n) is 3.27. The maximum Gasteiger partial charge on any atom is 0.321 e. The molecule has 0 aromatic heterocycles. The molecule has 1 fully saturated rings. The van der Waals surface area contributed by atoms with Gasteiger partial charge in [0.15, 0.2) is 0 Å². The van der Waals surface area contributed by atoms with Gasteiger partial charge in [0.05, 0.1) is 22.3 Å². The predicted molar refractivity (Wildman–Crippen MR) is 80.6 cm³/mol. The predicted octanol–water partition coefficient (Wildman–Crippen LogP) is 2.14. The number of hydrogen-bond acceptors (Lipinski definition) is 3. The van der Waals surface area contributed by atoms with Gasteiger partial charge in [0.1, 0.15) is 0 Å². The van der Waals surface area contributed by atoms with Crippen molar-refractivity contribution in [3.8, 4) is 0 Å². The molecule has 0 saturated carbocycles. The summed E-state index contributed by atoms with van der Waals surface area (Å²) in [6.07, 6.45) is 0. The third-order valence-corrected chi connectivity index (χ3v) is 4.09. The summed E-state index contributed by atoms with van der Waals surface area (Å²) in [6, 6.07) is 4.95. The Morgan fingerprint density at radius 3 is 2.60 bits per heavy atom. The number of hydrogen-bond donors (Lipinski definition) is 2. The minimum absolute atomic E-state index is 0.143. The molecule has 0 aliphatic carbocycles. The summed E-state index contributed by atoms with van der Waals surface area (Å²) in [4.78, 5) is 16.0. The van der Waals surface area contributed by atoms with E-state index in [-0.39, 0.29) is 12.6 Å². The maximum atomic E-state index is 12.1. The smallest absolute Gasteiger partial charge is 0.321 e. The number of urea groups is 1. The largest absolute Gasteiger partial charge is 0.395 e. The molecular weight excluding hydrogens is 301 g/mol. The molecule has 0 radical (unpaired) electrons. The number of benzene rings is 1. The summed E-state index contributed by atoms with van der Waals surface area (Å²) in [7, 11) is 0. The van der Waals surface area contributed by atoms with Gasteiger partial charge >= 0.3 is 6.03 Å². The molecule has 1 heterocycles. The zero-order chi connectivity index (χ0) is 14.5. The monoisotopic (exact) mass is 317 g/mol. The van der Waals surface area contributed by atoms with Crippen molar-refractivity contribution in [2.75, 3.05) is 44.6 Å². The molecule has 0 spiro atoms. The van der Waals surface area contributed by atoms with Crippen LogP contribution in [0.1, 0.15) is 0 Å². The summed E-state index contributed by atoms with van der Waals surface area (Å²) in [5.41, 5.74) is 0.516. The molecule has 1 aromatic rings. The van der Waals surface area contributed by atoms with E-state index >= 15 is 0 Å². The standard InChI is InChI=1S/C13H17Cl2N3O2/c14-10-2-1-3-11(12(10)15)16-13(20)18-6-4-17(5-7-18)8-9-19/h1-3,19H,4-9H2,(H,16,20). The number of aliphatic hydroxyl groups excluding tert-OH is 1. The van der Waals surface area contributed by atoms with Crippen molar-refractivity contribution >= 4 is 34.9 Å². The van der Waals surface area contributed by atoms with Crippen LogP contribution in [0.25, 0.3) is 0 Å². The number of rotatable bonds is 3. The van der Waals surface area contributed by atoms with E-state index in [1.807, 2.05) is 0 Å².